The van der Waals surface area contributed by atoms with E-state index in [9.17, 15) is 4.39 Å². The minimum atomic E-state index is -0.791. The molecule has 56 valence electrons. The van der Waals surface area contributed by atoms with Gasteiger partial charge in [0.25, 0.3) is 0 Å². The summed E-state index contributed by atoms with van der Waals surface area (Å²) in [4.78, 5) is 0. The molecular weight excluding hydrogens is 131 g/mol. The SMILES string of the molecule is COCC1=CCC(F)C=C1. The highest BCUT2D eigenvalue weighted by atomic mass is 19.1. The summed E-state index contributed by atoms with van der Waals surface area (Å²) in [6, 6.07) is 0. The zero-order chi connectivity index (χ0) is 7.40. The second kappa shape index (κ2) is 3.52. The number of alkyl halides is 1. The first kappa shape index (κ1) is 7.48. The van der Waals surface area contributed by atoms with Crippen molar-refractivity contribution in [1.29, 1.82) is 0 Å². The van der Waals surface area contributed by atoms with E-state index in [0.29, 0.717) is 13.0 Å². The molecule has 0 aromatic rings. The van der Waals surface area contributed by atoms with Gasteiger partial charge < -0.3 is 4.74 Å². The standard InChI is InChI=1S/C8H11FO/c1-10-6-7-2-4-8(9)5-3-7/h2-4,8H,5-6H2,1H3. The highest BCUT2D eigenvalue weighted by Crippen LogP contribution is 2.12. The lowest BCUT2D eigenvalue weighted by molar-refractivity contribution is 0.227. The van der Waals surface area contributed by atoms with Crippen molar-refractivity contribution < 1.29 is 9.13 Å². The van der Waals surface area contributed by atoms with Crippen molar-refractivity contribution >= 4 is 0 Å². The smallest absolute Gasteiger partial charge is 0.122 e. The van der Waals surface area contributed by atoms with Crippen LogP contribution in [0.3, 0.4) is 0 Å². The van der Waals surface area contributed by atoms with Crippen molar-refractivity contribution in [2.24, 2.45) is 0 Å². The molecule has 0 aliphatic heterocycles. The maximum Gasteiger partial charge on any atom is 0.122 e. The van der Waals surface area contributed by atoms with Gasteiger partial charge in [-0.15, -0.1) is 0 Å². The number of methoxy groups -OCH3 is 1. The molecule has 0 fully saturated rings. The van der Waals surface area contributed by atoms with Gasteiger partial charge in [-0.2, -0.15) is 0 Å². The van der Waals surface area contributed by atoms with Crippen LogP contribution in [0.2, 0.25) is 0 Å². The van der Waals surface area contributed by atoms with Crippen molar-refractivity contribution in [1.82, 2.24) is 0 Å². The van der Waals surface area contributed by atoms with Crippen molar-refractivity contribution in [3.63, 3.8) is 0 Å². The van der Waals surface area contributed by atoms with Gasteiger partial charge in [-0.05, 0) is 5.57 Å². The highest BCUT2D eigenvalue weighted by molar-refractivity contribution is 5.24. The zero-order valence-electron chi connectivity index (χ0n) is 6.01. The molecule has 0 spiro atoms. The van der Waals surface area contributed by atoms with Crippen LogP contribution in [-0.2, 0) is 4.74 Å². The molecule has 1 aliphatic rings. The van der Waals surface area contributed by atoms with E-state index in [1.54, 1.807) is 19.3 Å². The summed E-state index contributed by atoms with van der Waals surface area (Å²) < 4.78 is 17.3. The minimum absolute atomic E-state index is 0.495. The molecule has 0 bridgehead atoms. The van der Waals surface area contributed by atoms with Crippen LogP contribution in [0.4, 0.5) is 4.39 Å². The first-order valence-corrected chi connectivity index (χ1v) is 3.33. The van der Waals surface area contributed by atoms with E-state index in [1.165, 1.54) is 0 Å². The number of ether oxygens (including phenoxy) is 1. The molecule has 0 amide bonds. The molecule has 0 saturated heterocycles. The van der Waals surface area contributed by atoms with Crippen LogP contribution in [-0.4, -0.2) is 19.9 Å². The van der Waals surface area contributed by atoms with Gasteiger partial charge in [-0.25, -0.2) is 4.39 Å². The Morgan fingerprint density at radius 1 is 1.80 bits per heavy atom. The summed E-state index contributed by atoms with van der Waals surface area (Å²) in [6.07, 6.45) is 4.91. The second-order valence-corrected chi connectivity index (χ2v) is 2.32. The maximum atomic E-state index is 12.4. The van der Waals surface area contributed by atoms with Crippen LogP contribution < -0.4 is 0 Å². The van der Waals surface area contributed by atoms with E-state index in [-0.39, 0.29) is 0 Å². The second-order valence-electron chi connectivity index (χ2n) is 2.32. The Bertz CT molecular complexity index is 161. The number of allylic oxidation sites excluding steroid dienone is 2. The van der Waals surface area contributed by atoms with Crippen molar-refractivity contribution in [2.75, 3.05) is 13.7 Å². The van der Waals surface area contributed by atoms with Crippen molar-refractivity contribution in [3.8, 4) is 0 Å². The van der Waals surface area contributed by atoms with Crippen LogP contribution in [0, 0.1) is 0 Å². The van der Waals surface area contributed by atoms with Gasteiger partial charge in [0.1, 0.15) is 6.17 Å². The van der Waals surface area contributed by atoms with Gasteiger partial charge in [0.15, 0.2) is 0 Å². The third-order valence-electron chi connectivity index (χ3n) is 1.44. The third-order valence-corrected chi connectivity index (χ3v) is 1.44. The Hall–Kier alpha value is -0.630. The normalized spacial score (nSPS) is 24.6. The summed E-state index contributed by atoms with van der Waals surface area (Å²) in [6.45, 7) is 0.587. The van der Waals surface area contributed by atoms with Crippen LogP contribution in [0.15, 0.2) is 23.8 Å². The summed E-state index contributed by atoms with van der Waals surface area (Å²) in [5.41, 5.74) is 1.07. The monoisotopic (exact) mass is 142 g/mol. The van der Waals surface area contributed by atoms with Crippen LogP contribution in [0.1, 0.15) is 6.42 Å². The molecule has 1 unspecified atom stereocenters. The van der Waals surface area contributed by atoms with Crippen LogP contribution in [0.5, 0.6) is 0 Å². The first-order valence-electron chi connectivity index (χ1n) is 3.33. The van der Waals surface area contributed by atoms with Gasteiger partial charge in [0, 0.05) is 13.5 Å². The Kier molecular flexibility index (Phi) is 2.63. The Balaban J connectivity index is 2.42. The first-order chi connectivity index (χ1) is 4.83. The van der Waals surface area contributed by atoms with Crippen LogP contribution in [0.25, 0.3) is 0 Å². The number of hydrogen-bond donors (Lipinski definition) is 0. The number of rotatable bonds is 2. The van der Waals surface area contributed by atoms with Crippen molar-refractivity contribution in [2.45, 2.75) is 12.6 Å². The fourth-order valence-electron chi connectivity index (χ4n) is 0.912. The van der Waals surface area contributed by atoms with Gasteiger partial charge in [-0.1, -0.05) is 18.2 Å². The molecule has 0 N–H and O–H groups in total. The molecule has 0 aromatic carbocycles. The fourth-order valence-corrected chi connectivity index (χ4v) is 0.912. The quantitative estimate of drug-likeness (QED) is 0.571. The minimum Gasteiger partial charge on any atom is -0.380 e. The Morgan fingerprint density at radius 3 is 3.10 bits per heavy atom. The summed E-state index contributed by atoms with van der Waals surface area (Å²) in [7, 11) is 1.64. The lowest BCUT2D eigenvalue weighted by atomic mass is 10.1. The summed E-state index contributed by atoms with van der Waals surface area (Å²) in [5, 5.41) is 0. The topological polar surface area (TPSA) is 9.23 Å². The van der Waals surface area contributed by atoms with E-state index < -0.39 is 6.17 Å². The van der Waals surface area contributed by atoms with Gasteiger partial charge in [0.05, 0.1) is 6.61 Å². The van der Waals surface area contributed by atoms with Crippen molar-refractivity contribution in [3.05, 3.63) is 23.8 Å². The molecule has 1 nitrogen and oxygen atoms in total. The average molecular weight is 142 g/mol. The fraction of sp³-hybridized carbons (Fsp3) is 0.500. The average Bonchev–Trinajstić information content (AvgIpc) is 1.95. The van der Waals surface area contributed by atoms with Gasteiger partial charge in [0.2, 0.25) is 0 Å². The molecule has 0 heterocycles. The number of hydrogen-bond acceptors (Lipinski definition) is 1. The van der Waals surface area contributed by atoms with E-state index >= 15 is 0 Å². The van der Waals surface area contributed by atoms with E-state index in [0.717, 1.165) is 5.57 Å². The largest absolute Gasteiger partial charge is 0.380 e. The summed E-state index contributed by atoms with van der Waals surface area (Å²) in [5.74, 6) is 0. The van der Waals surface area contributed by atoms with E-state index in [2.05, 4.69) is 0 Å². The molecule has 10 heavy (non-hydrogen) atoms. The maximum absolute atomic E-state index is 12.4. The molecule has 2 heteroatoms. The molecule has 0 aromatic heterocycles. The molecular formula is C8H11FO. The predicted octanol–water partition coefficient (Wildman–Crippen LogP) is 1.86. The van der Waals surface area contributed by atoms with E-state index in [1.807, 2.05) is 6.08 Å². The number of halogens is 1. The zero-order valence-corrected chi connectivity index (χ0v) is 6.01. The van der Waals surface area contributed by atoms with Crippen LogP contribution >= 0.6 is 0 Å². The molecule has 1 aliphatic carbocycles. The molecule has 1 atom stereocenters. The molecule has 0 radical (unpaired) electrons. The highest BCUT2D eigenvalue weighted by Gasteiger charge is 2.04. The van der Waals surface area contributed by atoms with E-state index in [4.69, 9.17) is 4.74 Å². The molecule has 0 saturated carbocycles. The van der Waals surface area contributed by atoms with Gasteiger partial charge in [-0.3, -0.25) is 0 Å². The summed E-state index contributed by atoms with van der Waals surface area (Å²) >= 11 is 0. The lowest BCUT2D eigenvalue weighted by Gasteiger charge is -2.07. The molecule has 1 rings (SSSR count). The lowest BCUT2D eigenvalue weighted by Crippen LogP contribution is -2.01. The predicted molar refractivity (Wildman–Crippen MR) is 38.6 cm³/mol. The van der Waals surface area contributed by atoms with Gasteiger partial charge >= 0.3 is 0 Å². The third kappa shape index (κ3) is 1.95. The Labute approximate surface area is 60.2 Å². The Morgan fingerprint density at radius 2 is 2.60 bits per heavy atom.